The predicted molar refractivity (Wildman–Crippen MR) is 122 cm³/mol. The summed E-state index contributed by atoms with van der Waals surface area (Å²) in [6, 6.07) is 8.12. The van der Waals surface area contributed by atoms with Crippen molar-refractivity contribution in [3.63, 3.8) is 0 Å². The third-order valence-corrected chi connectivity index (χ3v) is 5.06. The van der Waals surface area contributed by atoms with Crippen molar-refractivity contribution in [3.05, 3.63) is 41.5 Å². The summed E-state index contributed by atoms with van der Waals surface area (Å²) in [5.74, 6) is 0.799. The Kier molecular flexibility index (Phi) is 6.84. The summed E-state index contributed by atoms with van der Waals surface area (Å²) >= 11 is 5.27. The fourth-order valence-corrected chi connectivity index (χ4v) is 3.44. The molecule has 3 rings (SSSR count). The molecule has 2 aromatic rings. The Hall–Kier alpha value is -3.79. The number of anilines is 1. The van der Waals surface area contributed by atoms with Gasteiger partial charge in [-0.2, -0.15) is 0 Å². The van der Waals surface area contributed by atoms with Gasteiger partial charge in [0.2, 0.25) is 0 Å². The van der Waals surface area contributed by atoms with Crippen molar-refractivity contribution in [2.45, 2.75) is 0 Å². The van der Waals surface area contributed by atoms with Gasteiger partial charge in [-0.3, -0.25) is 14.9 Å². The number of carbonyl (C=O) groups is 2. The van der Waals surface area contributed by atoms with Gasteiger partial charge in [0.25, 0.3) is 11.8 Å². The van der Waals surface area contributed by atoms with Crippen LogP contribution in [0.5, 0.6) is 28.7 Å². The van der Waals surface area contributed by atoms with E-state index in [0.29, 0.717) is 40.0 Å². The molecule has 0 spiro atoms. The van der Waals surface area contributed by atoms with Gasteiger partial charge in [-0.05, 0) is 30.4 Å². The monoisotopic (exact) mass is 458 g/mol. The normalized spacial score (nSPS) is 14.8. The lowest BCUT2D eigenvalue weighted by Crippen LogP contribution is -2.54. The number of methoxy groups -OCH3 is 5. The van der Waals surface area contributed by atoms with Crippen LogP contribution < -0.4 is 33.9 Å². The van der Waals surface area contributed by atoms with Gasteiger partial charge in [-0.15, -0.1) is 0 Å². The number of nitrogens with one attached hydrogen (secondary N) is 1. The van der Waals surface area contributed by atoms with Crippen molar-refractivity contribution in [1.82, 2.24) is 5.32 Å². The van der Waals surface area contributed by atoms with E-state index in [4.69, 9.17) is 35.9 Å². The lowest BCUT2D eigenvalue weighted by molar-refractivity contribution is -0.122. The number of amides is 2. The van der Waals surface area contributed by atoms with E-state index in [2.05, 4.69) is 5.32 Å². The van der Waals surface area contributed by atoms with E-state index in [1.165, 1.54) is 46.5 Å². The smallest absolute Gasteiger partial charge is 0.270 e. The molecule has 0 bridgehead atoms. The molecule has 168 valence electrons. The highest BCUT2D eigenvalue weighted by Gasteiger charge is 2.36. The molecule has 0 unspecified atom stereocenters. The zero-order valence-electron chi connectivity index (χ0n) is 18.2. The van der Waals surface area contributed by atoms with E-state index in [1.807, 2.05) is 0 Å². The maximum absolute atomic E-state index is 13.4. The van der Waals surface area contributed by atoms with Gasteiger partial charge in [-0.1, -0.05) is 0 Å². The molecular weight excluding hydrogens is 436 g/mol. The highest BCUT2D eigenvalue weighted by atomic mass is 32.1. The van der Waals surface area contributed by atoms with Crippen molar-refractivity contribution in [2.24, 2.45) is 0 Å². The second-order valence-corrected chi connectivity index (χ2v) is 6.83. The Morgan fingerprint density at radius 1 is 0.812 bits per heavy atom. The van der Waals surface area contributed by atoms with Crippen LogP contribution in [0.3, 0.4) is 0 Å². The lowest BCUT2D eigenvalue weighted by Gasteiger charge is -2.30. The van der Waals surface area contributed by atoms with Gasteiger partial charge in [-0.25, -0.2) is 4.90 Å². The predicted octanol–water partition coefficient (Wildman–Crippen LogP) is 2.56. The number of thiocarbonyl (C=S) groups is 1. The molecular formula is C22H22N2O7S. The summed E-state index contributed by atoms with van der Waals surface area (Å²) in [5.41, 5.74) is 0.574. The number of carbonyl (C=O) groups excluding carboxylic acids is 2. The average Bonchev–Trinajstić information content (AvgIpc) is 2.81. The fraction of sp³-hybridized carbons (Fsp3) is 0.227. The van der Waals surface area contributed by atoms with E-state index in [1.54, 1.807) is 30.3 Å². The molecule has 32 heavy (non-hydrogen) atoms. The summed E-state index contributed by atoms with van der Waals surface area (Å²) in [5, 5.41) is 2.47. The standard InChI is InChI=1S/C22H22N2O7S/c1-27-12-6-7-16(19(8-12)31-5)24-21(26)15(20(25)23-22(24)32)11-14-17(29-3)9-13(28-2)10-18(14)30-4/h6-11H,1-5H3,(H,23,25,32)/b15-11+. The fourth-order valence-electron chi connectivity index (χ4n) is 3.17. The molecule has 1 heterocycles. The first kappa shape index (κ1) is 22.9. The number of hydrogen-bond acceptors (Lipinski definition) is 8. The van der Waals surface area contributed by atoms with Gasteiger partial charge in [0.15, 0.2) is 5.11 Å². The maximum atomic E-state index is 13.4. The Bertz CT molecular complexity index is 1090. The largest absolute Gasteiger partial charge is 0.497 e. The molecule has 0 aromatic heterocycles. The Labute approximate surface area is 190 Å². The molecule has 10 heteroatoms. The zero-order valence-corrected chi connectivity index (χ0v) is 19.0. The van der Waals surface area contributed by atoms with Crippen molar-refractivity contribution in [3.8, 4) is 28.7 Å². The number of hydrogen-bond donors (Lipinski definition) is 1. The van der Waals surface area contributed by atoms with Crippen LogP contribution in [0.15, 0.2) is 35.9 Å². The first-order chi connectivity index (χ1) is 15.4. The topological polar surface area (TPSA) is 95.6 Å². The number of nitrogens with zero attached hydrogens (tertiary/aromatic N) is 1. The van der Waals surface area contributed by atoms with E-state index < -0.39 is 11.8 Å². The molecule has 1 N–H and O–H groups in total. The SMILES string of the molecule is COc1ccc(N2C(=O)/C(=C/c3c(OC)cc(OC)cc3OC)C(=O)NC2=S)c(OC)c1. The minimum absolute atomic E-state index is 0.0747. The second kappa shape index (κ2) is 9.56. The first-order valence-corrected chi connectivity index (χ1v) is 9.72. The highest BCUT2D eigenvalue weighted by Crippen LogP contribution is 2.38. The van der Waals surface area contributed by atoms with Crippen LogP contribution in [0.2, 0.25) is 0 Å². The summed E-state index contributed by atoms with van der Waals surface area (Å²) in [6.07, 6.45) is 1.39. The van der Waals surface area contributed by atoms with E-state index in [9.17, 15) is 9.59 Å². The molecule has 1 aliphatic heterocycles. The maximum Gasteiger partial charge on any atom is 0.270 e. The van der Waals surface area contributed by atoms with Gasteiger partial charge < -0.3 is 23.7 Å². The summed E-state index contributed by atoms with van der Waals surface area (Å²) in [4.78, 5) is 27.3. The van der Waals surface area contributed by atoms with Crippen molar-refractivity contribution >= 4 is 40.9 Å². The summed E-state index contributed by atoms with van der Waals surface area (Å²) in [7, 11) is 7.40. The minimum Gasteiger partial charge on any atom is -0.497 e. The molecule has 1 aliphatic rings. The van der Waals surface area contributed by atoms with Crippen LogP contribution in [0.1, 0.15) is 5.56 Å². The zero-order chi connectivity index (χ0) is 23.4. The van der Waals surface area contributed by atoms with Gasteiger partial charge in [0, 0.05) is 18.2 Å². The molecule has 2 amide bonds. The first-order valence-electron chi connectivity index (χ1n) is 9.32. The molecule has 1 saturated heterocycles. The van der Waals surface area contributed by atoms with Gasteiger partial charge >= 0.3 is 0 Å². The van der Waals surface area contributed by atoms with Crippen LogP contribution in [-0.2, 0) is 9.59 Å². The second-order valence-electron chi connectivity index (χ2n) is 6.44. The van der Waals surface area contributed by atoms with E-state index in [-0.39, 0.29) is 10.7 Å². The molecule has 0 radical (unpaired) electrons. The van der Waals surface area contributed by atoms with Crippen LogP contribution in [0.4, 0.5) is 5.69 Å². The Morgan fingerprint density at radius 3 is 1.91 bits per heavy atom. The third-order valence-electron chi connectivity index (χ3n) is 4.77. The summed E-state index contributed by atoms with van der Waals surface area (Å²) < 4.78 is 26.7. The van der Waals surface area contributed by atoms with Crippen LogP contribution in [0, 0.1) is 0 Å². The van der Waals surface area contributed by atoms with Crippen LogP contribution >= 0.6 is 12.2 Å². The average molecular weight is 458 g/mol. The number of rotatable bonds is 7. The highest BCUT2D eigenvalue weighted by molar-refractivity contribution is 7.80. The molecule has 0 aliphatic carbocycles. The van der Waals surface area contributed by atoms with Crippen molar-refractivity contribution < 1.29 is 33.3 Å². The van der Waals surface area contributed by atoms with Crippen LogP contribution in [0.25, 0.3) is 6.08 Å². The van der Waals surface area contributed by atoms with Gasteiger partial charge in [0.05, 0.1) is 46.8 Å². The Morgan fingerprint density at radius 2 is 1.38 bits per heavy atom. The number of ether oxygens (including phenoxy) is 5. The van der Waals surface area contributed by atoms with Crippen LogP contribution in [-0.4, -0.2) is 52.5 Å². The molecule has 1 fully saturated rings. The molecule has 2 aromatic carbocycles. The van der Waals surface area contributed by atoms with Gasteiger partial charge in [0.1, 0.15) is 34.3 Å². The Balaban J connectivity index is 2.14. The summed E-state index contributed by atoms with van der Waals surface area (Å²) in [6.45, 7) is 0. The molecule has 0 atom stereocenters. The van der Waals surface area contributed by atoms with Crippen molar-refractivity contribution in [2.75, 3.05) is 40.4 Å². The molecule has 9 nitrogen and oxygen atoms in total. The van der Waals surface area contributed by atoms with Crippen molar-refractivity contribution in [1.29, 1.82) is 0 Å². The van der Waals surface area contributed by atoms with E-state index >= 15 is 0 Å². The quantitative estimate of drug-likeness (QED) is 0.384. The third kappa shape index (κ3) is 4.17. The molecule has 0 saturated carbocycles. The lowest BCUT2D eigenvalue weighted by atomic mass is 10.0. The number of benzene rings is 2. The van der Waals surface area contributed by atoms with E-state index in [0.717, 1.165) is 0 Å². The minimum atomic E-state index is -0.649.